The summed E-state index contributed by atoms with van der Waals surface area (Å²) < 4.78 is 27.0. The van der Waals surface area contributed by atoms with Gasteiger partial charge in [-0.05, 0) is 32.9 Å². The smallest absolute Gasteiger partial charge is 0.257 e. The van der Waals surface area contributed by atoms with E-state index in [2.05, 4.69) is 19.6 Å². The van der Waals surface area contributed by atoms with E-state index in [1.807, 2.05) is 13.8 Å². The largest absolute Gasteiger partial charge is 0.332 e. The lowest BCUT2D eigenvalue weighted by Gasteiger charge is -2.20. The summed E-state index contributed by atoms with van der Waals surface area (Å²) >= 11 is 0. The molecule has 1 saturated heterocycles. The zero-order valence-corrected chi connectivity index (χ0v) is 12.3. The van der Waals surface area contributed by atoms with E-state index in [4.69, 9.17) is 0 Å². The second-order valence-electron chi connectivity index (χ2n) is 5.08. The maximum absolute atomic E-state index is 12.1. The Kier molecular flexibility index (Phi) is 4.59. The molecule has 1 aromatic heterocycles. The highest BCUT2D eigenvalue weighted by atomic mass is 32.2. The molecule has 0 amide bonds. The van der Waals surface area contributed by atoms with Crippen molar-refractivity contribution in [2.45, 2.75) is 44.2 Å². The fourth-order valence-electron chi connectivity index (χ4n) is 2.38. The standard InChI is InChI=1S/C12H22N4O2S/c1-3-11-13-8-12(14-11)19(17,18)15-10(2)9-16-6-4-5-7-16/h8,10,15H,3-7,9H2,1-2H3,(H,13,14). The molecule has 2 heterocycles. The van der Waals surface area contributed by atoms with Gasteiger partial charge in [-0.15, -0.1) is 0 Å². The van der Waals surface area contributed by atoms with Crippen molar-refractivity contribution in [1.29, 1.82) is 0 Å². The average Bonchev–Trinajstić information content (AvgIpc) is 2.97. The number of nitrogens with zero attached hydrogens (tertiary/aromatic N) is 2. The Bertz CT molecular complexity index is 506. The quantitative estimate of drug-likeness (QED) is 0.808. The van der Waals surface area contributed by atoms with E-state index in [0.29, 0.717) is 12.2 Å². The summed E-state index contributed by atoms with van der Waals surface area (Å²) in [7, 11) is -3.49. The summed E-state index contributed by atoms with van der Waals surface area (Å²) in [6.45, 7) is 6.71. The maximum atomic E-state index is 12.1. The minimum absolute atomic E-state index is 0.100. The Morgan fingerprint density at radius 2 is 2.16 bits per heavy atom. The van der Waals surface area contributed by atoms with Crippen molar-refractivity contribution in [2.24, 2.45) is 0 Å². The van der Waals surface area contributed by atoms with Gasteiger partial charge in [0.05, 0.1) is 6.20 Å². The van der Waals surface area contributed by atoms with E-state index in [1.54, 1.807) is 0 Å². The van der Waals surface area contributed by atoms with E-state index in [0.717, 1.165) is 19.6 Å². The predicted molar refractivity (Wildman–Crippen MR) is 73.4 cm³/mol. The SMILES string of the molecule is CCc1ncc(S(=O)(=O)NC(C)CN2CCCC2)[nH]1. The van der Waals surface area contributed by atoms with E-state index >= 15 is 0 Å². The molecule has 1 atom stereocenters. The summed E-state index contributed by atoms with van der Waals surface area (Å²) in [6.07, 6.45) is 4.49. The summed E-state index contributed by atoms with van der Waals surface area (Å²) in [6, 6.07) is -0.100. The molecule has 0 radical (unpaired) electrons. The number of H-pyrrole nitrogens is 1. The van der Waals surface area contributed by atoms with Crippen LogP contribution in [0.5, 0.6) is 0 Å². The molecular weight excluding hydrogens is 264 g/mol. The van der Waals surface area contributed by atoms with Crippen molar-refractivity contribution < 1.29 is 8.42 Å². The fourth-order valence-corrected chi connectivity index (χ4v) is 3.55. The van der Waals surface area contributed by atoms with Gasteiger partial charge in [0.15, 0.2) is 5.03 Å². The van der Waals surface area contributed by atoms with Crippen LogP contribution in [0, 0.1) is 0 Å². The van der Waals surface area contributed by atoms with Crippen molar-refractivity contribution in [3.8, 4) is 0 Å². The molecule has 108 valence electrons. The van der Waals surface area contributed by atoms with Gasteiger partial charge in [0, 0.05) is 19.0 Å². The third-order valence-corrected chi connectivity index (χ3v) is 4.82. The summed E-state index contributed by atoms with van der Waals surface area (Å²) in [5, 5.41) is 0.151. The van der Waals surface area contributed by atoms with Crippen LogP contribution in [0.2, 0.25) is 0 Å². The molecule has 19 heavy (non-hydrogen) atoms. The zero-order chi connectivity index (χ0) is 13.9. The molecule has 1 unspecified atom stereocenters. The lowest BCUT2D eigenvalue weighted by atomic mass is 10.3. The average molecular weight is 286 g/mol. The number of aromatic amines is 1. The van der Waals surface area contributed by atoms with Crippen molar-refractivity contribution in [1.82, 2.24) is 19.6 Å². The highest BCUT2D eigenvalue weighted by Crippen LogP contribution is 2.10. The monoisotopic (exact) mass is 286 g/mol. The first kappa shape index (κ1) is 14.5. The summed E-state index contributed by atoms with van der Waals surface area (Å²) in [5.41, 5.74) is 0. The van der Waals surface area contributed by atoms with Crippen LogP contribution in [0.1, 0.15) is 32.5 Å². The third kappa shape index (κ3) is 3.77. The van der Waals surface area contributed by atoms with Gasteiger partial charge < -0.3 is 9.88 Å². The van der Waals surface area contributed by atoms with E-state index < -0.39 is 10.0 Å². The number of imidazole rings is 1. The maximum Gasteiger partial charge on any atom is 0.257 e. The Balaban J connectivity index is 1.95. The van der Waals surface area contributed by atoms with Crippen LogP contribution in [0.3, 0.4) is 0 Å². The minimum Gasteiger partial charge on any atom is -0.332 e. The van der Waals surface area contributed by atoms with Gasteiger partial charge in [0.25, 0.3) is 10.0 Å². The van der Waals surface area contributed by atoms with Crippen LogP contribution in [0.25, 0.3) is 0 Å². The second-order valence-corrected chi connectivity index (χ2v) is 6.76. The molecule has 2 N–H and O–H groups in total. The molecule has 0 spiro atoms. The van der Waals surface area contributed by atoms with Gasteiger partial charge >= 0.3 is 0 Å². The van der Waals surface area contributed by atoms with Crippen LogP contribution in [-0.4, -0.2) is 49.0 Å². The molecule has 6 nitrogen and oxygen atoms in total. The summed E-state index contributed by atoms with van der Waals surface area (Å²) in [5.74, 6) is 0.688. The molecule has 0 saturated carbocycles. The summed E-state index contributed by atoms with van der Waals surface area (Å²) in [4.78, 5) is 9.14. The first-order valence-corrected chi connectivity index (χ1v) is 8.28. The highest BCUT2D eigenvalue weighted by molar-refractivity contribution is 7.89. The zero-order valence-electron chi connectivity index (χ0n) is 11.5. The first-order valence-electron chi connectivity index (χ1n) is 6.80. The number of likely N-dealkylation sites (tertiary alicyclic amines) is 1. The Morgan fingerprint density at radius 1 is 1.47 bits per heavy atom. The molecule has 0 bridgehead atoms. The number of nitrogens with one attached hydrogen (secondary N) is 2. The van der Waals surface area contributed by atoms with Crippen LogP contribution in [0.15, 0.2) is 11.2 Å². The van der Waals surface area contributed by atoms with Gasteiger partial charge in [-0.2, -0.15) is 0 Å². The fraction of sp³-hybridized carbons (Fsp3) is 0.750. The van der Waals surface area contributed by atoms with Crippen LogP contribution in [-0.2, 0) is 16.4 Å². The molecular formula is C12H22N4O2S. The van der Waals surface area contributed by atoms with Crippen LogP contribution >= 0.6 is 0 Å². The van der Waals surface area contributed by atoms with Crippen molar-refractivity contribution in [2.75, 3.05) is 19.6 Å². The normalized spacial score (nSPS) is 18.8. The Hall–Kier alpha value is -0.920. The molecule has 1 aliphatic heterocycles. The van der Waals surface area contributed by atoms with Crippen molar-refractivity contribution in [3.63, 3.8) is 0 Å². The lowest BCUT2D eigenvalue weighted by Crippen LogP contribution is -2.41. The molecule has 0 aromatic carbocycles. The highest BCUT2D eigenvalue weighted by Gasteiger charge is 2.22. The molecule has 1 fully saturated rings. The minimum atomic E-state index is -3.49. The van der Waals surface area contributed by atoms with Crippen LogP contribution < -0.4 is 4.72 Å². The van der Waals surface area contributed by atoms with E-state index in [9.17, 15) is 8.42 Å². The van der Waals surface area contributed by atoms with Gasteiger partial charge in [-0.3, -0.25) is 0 Å². The number of sulfonamides is 1. The number of hydrogen-bond acceptors (Lipinski definition) is 4. The topological polar surface area (TPSA) is 78.1 Å². The van der Waals surface area contributed by atoms with Crippen molar-refractivity contribution in [3.05, 3.63) is 12.0 Å². The molecule has 1 aromatic rings. The number of hydrogen-bond donors (Lipinski definition) is 2. The number of rotatable bonds is 6. The predicted octanol–water partition coefficient (Wildman–Crippen LogP) is 0.735. The van der Waals surface area contributed by atoms with E-state index in [1.165, 1.54) is 19.0 Å². The van der Waals surface area contributed by atoms with Gasteiger partial charge in [0.2, 0.25) is 0 Å². The molecule has 1 aliphatic rings. The third-order valence-electron chi connectivity index (χ3n) is 3.32. The van der Waals surface area contributed by atoms with Gasteiger partial charge in [-0.1, -0.05) is 6.92 Å². The lowest BCUT2D eigenvalue weighted by molar-refractivity contribution is 0.312. The molecule has 7 heteroatoms. The van der Waals surface area contributed by atoms with Crippen LogP contribution in [0.4, 0.5) is 0 Å². The van der Waals surface area contributed by atoms with Crippen molar-refractivity contribution >= 4 is 10.0 Å². The van der Waals surface area contributed by atoms with E-state index in [-0.39, 0.29) is 11.1 Å². The number of aryl methyl sites for hydroxylation is 1. The molecule has 2 rings (SSSR count). The van der Waals surface area contributed by atoms with Gasteiger partial charge in [-0.25, -0.2) is 18.1 Å². The molecule has 0 aliphatic carbocycles. The Labute approximate surface area is 114 Å². The Morgan fingerprint density at radius 3 is 2.74 bits per heavy atom. The number of aromatic nitrogens is 2. The first-order chi connectivity index (χ1) is 9.01. The second kappa shape index (κ2) is 6.02. The van der Waals surface area contributed by atoms with Gasteiger partial charge in [0.1, 0.15) is 5.82 Å².